The van der Waals surface area contributed by atoms with Crippen molar-refractivity contribution in [3.8, 4) is 5.75 Å². The van der Waals surface area contributed by atoms with Gasteiger partial charge in [0.1, 0.15) is 17.1 Å². The fourth-order valence-electron chi connectivity index (χ4n) is 3.80. The number of benzene rings is 2. The number of rotatable bonds is 6. The van der Waals surface area contributed by atoms with Gasteiger partial charge in [-0.05, 0) is 74.0 Å². The summed E-state index contributed by atoms with van der Waals surface area (Å²) in [5.74, 6) is 1.73. The summed E-state index contributed by atoms with van der Waals surface area (Å²) in [4.78, 5) is 15.1. The van der Waals surface area contributed by atoms with Crippen LogP contribution in [0.5, 0.6) is 5.75 Å². The van der Waals surface area contributed by atoms with E-state index in [0.717, 1.165) is 50.1 Å². The van der Waals surface area contributed by atoms with Gasteiger partial charge in [-0.25, -0.2) is 0 Å². The van der Waals surface area contributed by atoms with Gasteiger partial charge in [-0.3, -0.25) is 4.79 Å². The van der Waals surface area contributed by atoms with Crippen molar-refractivity contribution in [3.63, 3.8) is 0 Å². The molecule has 1 atom stereocenters. The lowest BCUT2D eigenvalue weighted by atomic mass is 9.89. The number of hydrogen-bond donors (Lipinski definition) is 2. The van der Waals surface area contributed by atoms with Crippen LogP contribution in [0, 0.1) is 13.8 Å². The average Bonchev–Trinajstić information content (AvgIpc) is 3.00. The average molecular weight is 405 g/mol. The van der Waals surface area contributed by atoms with E-state index in [2.05, 4.69) is 11.9 Å². The van der Waals surface area contributed by atoms with E-state index in [1.54, 1.807) is 0 Å². The number of aryl methyl sites for hydroxylation is 3. The summed E-state index contributed by atoms with van der Waals surface area (Å²) in [7, 11) is 0. The van der Waals surface area contributed by atoms with Gasteiger partial charge in [0.15, 0.2) is 0 Å². The molecule has 0 aliphatic rings. The molecule has 0 spiro atoms. The molecule has 2 aromatic carbocycles. The predicted octanol–water partition coefficient (Wildman–Crippen LogP) is 5.10. The molecule has 0 aliphatic carbocycles. The summed E-state index contributed by atoms with van der Waals surface area (Å²) in [5, 5.41) is 2.09. The highest BCUT2D eigenvalue weighted by atomic mass is 16.5. The molecular formula is C25H28N2O3. The van der Waals surface area contributed by atoms with Crippen molar-refractivity contribution in [2.45, 2.75) is 46.1 Å². The number of hydrogen-bond acceptors (Lipinski definition) is 4. The van der Waals surface area contributed by atoms with Crippen LogP contribution in [0.1, 0.15) is 42.7 Å². The predicted molar refractivity (Wildman–Crippen MR) is 121 cm³/mol. The molecule has 2 aromatic heterocycles. The van der Waals surface area contributed by atoms with Crippen molar-refractivity contribution in [2.24, 2.45) is 5.73 Å². The molecule has 5 heteroatoms. The van der Waals surface area contributed by atoms with Crippen LogP contribution in [0.2, 0.25) is 0 Å². The van der Waals surface area contributed by atoms with Crippen LogP contribution in [0.4, 0.5) is 0 Å². The first kappa shape index (κ1) is 20.2. The van der Waals surface area contributed by atoms with Crippen LogP contribution in [-0.2, 0) is 12.0 Å². The highest BCUT2D eigenvalue weighted by Crippen LogP contribution is 2.29. The monoisotopic (exact) mass is 404 g/mol. The van der Waals surface area contributed by atoms with Gasteiger partial charge in [0, 0.05) is 28.4 Å². The number of aromatic nitrogens is 1. The van der Waals surface area contributed by atoms with E-state index in [1.165, 1.54) is 0 Å². The Morgan fingerprint density at radius 2 is 1.93 bits per heavy atom. The molecule has 5 nitrogen and oxygen atoms in total. The van der Waals surface area contributed by atoms with Gasteiger partial charge in [-0.15, -0.1) is 0 Å². The molecule has 4 rings (SSSR count). The number of ether oxygens (including phenoxy) is 1. The molecule has 0 aliphatic heterocycles. The SMILES string of the molecule is CCc1cc2ccc(C(C)(N)CCOc3ccc4oc(C)c(C)c4c3)cc2[nH]c1=O. The quantitative estimate of drug-likeness (QED) is 0.469. The standard InChI is InChI=1S/C25H28N2O3/c1-5-17-12-18-6-7-19(13-22(18)27-24(17)28)25(4,26)10-11-29-20-8-9-23-21(14-20)15(2)16(3)30-23/h6-9,12-14H,5,10-11,26H2,1-4H3,(H,27,28). The second-order valence-electron chi connectivity index (χ2n) is 8.24. The van der Waals surface area contributed by atoms with E-state index in [4.69, 9.17) is 14.9 Å². The lowest BCUT2D eigenvalue weighted by Crippen LogP contribution is -2.34. The molecule has 1 unspecified atom stereocenters. The Hall–Kier alpha value is -3.05. The molecular weight excluding hydrogens is 376 g/mol. The van der Waals surface area contributed by atoms with Crippen molar-refractivity contribution in [2.75, 3.05) is 6.61 Å². The van der Waals surface area contributed by atoms with Crippen LogP contribution in [0.15, 0.2) is 51.7 Å². The Morgan fingerprint density at radius 3 is 2.70 bits per heavy atom. The maximum atomic E-state index is 12.2. The zero-order valence-corrected chi connectivity index (χ0v) is 18.0. The highest BCUT2D eigenvalue weighted by Gasteiger charge is 2.22. The largest absolute Gasteiger partial charge is 0.493 e. The van der Waals surface area contributed by atoms with Crippen molar-refractivity contribution < 1.29 is 9.15 Å². The molecule has 0 saturated heterocycles. The van der Waals surface area contributed by atoms with Crippen LogP contribution in [0.3, 0.4) is 0 Å². The minimum Gasteiger partial charge on any atom is -0.493 e. The number of H-pyrrole nitrogens is 1. The topological polar surface area (TPSA) is 81.2 Å². The summed E-state index contributed by atoms with van der Waals surface area (Å²) in [5.41, 5.74) is 10.6. The minimum atomic E-state index is -0.583. The van der Waals surface area contributed by atoms with Crippen LogP contribution < -0.4 is 16.0 Å². The van der Waals surface area contributed by atoms with E-state index in [9.17, 15) is 4.79 Å². The number of aromatic amines is 1. The lowest BCUT2D eigenvalue weighted by molar-refractivity contribution is 0.267. The molecule has 0 bridgehead atoms. The van der Waals surface area contributed by atoms with Gasteiger partial charge in [-0.1, -0.05) is 19.1 Å². The second-order valence-corrected chi connectivity index (χ2v) is 8.24. The van der Waals surface area contributed by atoms with Crippen molar-refractivity contribution in [1.82, 2.24) is 4.98 Å². The molecule has 156 valence electrons. The van der Waals surface area contributed by atoms with E-state index in [1.807, 2.05) is 63.2 Å². The van der Waals surface area contributed by atoms with Gasteiger partial charge in [0.2, 0.25) is 0 Å². The van der Waals surface area contributed by atoms with Crippen LogP contribution in [0.25, 0.3) is 21.9 Å². The number of nitrogens with one attached hydrogen (secondary N) is 1. The van der Waals surface area contributed by atoms with Gasteiger partial charge >= 0.3 is 0 Å². The van der Waals surface area contributed by atoms with Crippen molar-refractivity contribution in [3.05, 3.63) is 75.3 Å². The van der Waals surface area contributed by atoms with Crippen molar-refractivity contribution >= 4 is 21.9 Å². The fraction of sp³-hybridized carbons (Fsp3) is 0.320. The maximum absolute atomic E-state index is 12.2. The lowest BCUT2D eigenvalue weighted by Gasteiger charge is -2.25. The van der Waals surface area contributed by atoms with Crippen LogP contribution in [-0.4, -0.2) is 11.6 Å². The molecule has 2 heterocycles. The van der Waals surface area contributed by atoms with E-state index >= 15 is 0 Å². The number of fused-ring (bicyclic) bond motifs is 2. The van der Waals surface area contributed by atoms with Crippen LogP contribution >= 0.6 is 0 Å². The number of nitrogens with two attached hydrogens (primary N) is 1. The summed E-state index contributed by atoms with van der Waals surface area (Å²) < 4.78 is 11.7. The fourth-order valence-corrected chi connectivity index (χ4v) is 3.80. The Bertz CT molecular complexity index is 1280. The molecule has 0 radical (unpaired) electrons. The van der Waals surface area contributed by atoms with E-state index in [0.29, 0.717) is 19.4 Å². The molecule has 0 fully saturated rings. The first-order valence-corrected chi connectivity index (χ1v) is 10.4. The van der Waals surface area contributed by atoms with E-state index in [-0.39, 0.29) is 5.56 Å². The summed E-state index contributed by atoms with van der Waals surface area (Å²) in [6, 6.07) is 13.8. The van der Waals surface area contributed by atoms with Gasteiger partial charge < -0.3 is 19.9 Å². The Morgan fingerprint density at radius 1 is 1.13 bits per heavy atom. The minimum absolute atomic E-state index is 0.0376. The first-order valence-electron chi connectivity index (χ1n) is 10.4. The molecule has 30 heavy (non-hydrogen) atoms. The smallest absolute Gasteiger partial charge is 0.251 e. The summed E-state index contributed by atoms with van der Waals surface area (Å²) >= 11 is 0. The molecule has 4 aromatic rings. The van der Waals surface area contributed by atoms with Gasteiger partial charge in [-0.2, -0.15) is 0 Å². The molecule has 0 amide bonds. The first-order chi connectivity index (χ1) is 14.3. The number of furan rings is 1. The number of pyridine rings is 1. The third-order valence-corrected chi connectivity index (χ3v) is 6.00. The zero-order valence-electron chi connectivity index (χ0n) is 18.0. The molecule has 0 saturated carbocycles. The van der Waals surface area contributed by atoms with Gasteiger partial charge in [0.25, 0.3) is 5.56 Å². The summed E-state index contributed by atoms with van der Waals surface area (Å²) in [6.45, 7) is 8.47. The van der Waals surface area contributed by atoms with Gasteiger partial charge in [0.05, 0.1) is 6.61 Å². The van der Waals surface area contributed by atoms with E-state index < -0.39 is 5.54 Å². The second kappa shape index (κ2) is 7.65. The Kier molecular flexibility index (Phi) is 5.16. The third-order valence-electron chi connectivity index (χ3n) is 6.00. The van der Waals surface area contributed by atoms with Crippen molar-refractivity contribution in [1.29, 1.82) is 0 Å². The highest BCUT2D eigenvalue weighted by molar-refractivity contribution is 5.83. The third kappa shape index (κ3) is 3.73. The summed E-state index contributed by atoms with van der Waals surface area (Å²) in [6.07, 6.45) is 1.35. The Balaban J connectivity index is 1.50. The molecule has 3 N–H and O–H groups in total. The zero-order chi connectivity index (χ0) is 21.5. The Labute approximate surface area is 175 Å². The normalized spacial score (nSPS) is 13.6. The maximum Gasteiger partial charge on any atom is 0.251 e.